The highest BCUT2D eigenvalue weighted by molar-refractivity contribution is 6.32. The van der Waals surface area contributed by atoms with Crippen molar-refractivity contribution in [3.8, 4) is 17.2 Å². The number of phenols is 1. The summed E-state index contributed by atoms with van der Waals surface area (Å²) >= 11 is 11.8. The van der Waals surface area contributed by atoms with Gasteiger partial charge in [-0.2, -0.15) is 0 Å². The summed E-state index contributed by atoms with van der Waals surface area (Å²) < 4.78 is 15.1. The quantitative estimate of drug-likeness (QED) is 0.721. The lowest BCUT2D eigenvalue weighted by molar-refractivity contribution is -0.119. The Bertz CT molecular complexity index is 840. The third-order valence-corrected chi connectivity index (χ3v) is 3.79. The first-order valence-corrected chi connectivity index (χ1v) is 7.98. The number of carbonyl (C=O) groups excluding carboxylic acids is 2. The summed E-state index contributed by atoms with van der Waals surface area (Å²) in [7, 11) is 2.84. The fraction of sp³-hybridized carbons (Fsp3) is 0.176. The summed E-state index contributed by atoms with van der Waals surface area (Å²) in [5, 5.41) is 12.7. The van der Waals surface area contributed by atoms with E-state index in [0.29, 0.717) is 22.2 Å². The fourth-order valence-corrected chi connectivity index (χ4v) is 2.43. The Morgan fingerprint density at radius 3 is 2.42 bits per heavy atom. The van der Waals surface area contributed by atoms with Gasteiger partial charge in [0.05, 0.1) is 24.9 Å². The number of ether oxygens (including phenoxy) is 3. The number of rotatable bonds is 6. The number of phenolic OH excluding ortho intramolecular Hbond substituents is 1. The second-order valence-corrected chi connectivity index (χ2v) is 5.82. The molecule has 0 unspecified atom stereocenters. The zero-order valence-electron chi connectivity index (χ0n) is 13.8. The molecule has 2 aromatic carbocycles. The Morgan fingerprint density at radius 2 is 1.77 bits per heavy atom. The van der Waals surface area contributed by atoms with Gasteiger partial charge in [0.25, 0.3) is 5.91 Å². The molecular weight excluding hydrogens is 385 g/mol. The standard InChI is InChI=1S/C17H15Cl2NO6/c1-24-14-7-12(15(25-2)6-11(14)19)20-16(22)8-26-17(23)10-5-9(18)3-4-13(10)21/h3-7,21H,8H2,1-2H3,(H,20,22). The largest absolute Gasteiger partial charge is 0.507 e. The molecule has 2 aromatic rings. The molecule has 0 aliphatic rings. The molecule has 0 heterocycles. The van der Waals surface area contributed by atoms with Crippen LogP contribution in [0.3, 0.4) is 0 Å². The molecule has 26 heavy (non-hydrogen) atoms. The van der Waals surface area contributed by atoms with Crippen LogP contribution in [0.15, 0.2) is 30.3 Å². The predicted octanol–water partition coefficient (Wildman–Crippen LogP) is 3.51. The summed E-state index contributed by atoms with van der Waals surface area (Å²) in [6, 6.07) is 6.87. The van der Waals surface area contributed by atoms with Gasteiger partial charge < -0.3 is 24.6 Å². The van der Waals surface area contributed by atoms with Crippen molar-refractivity contribution in [3.63, 3.8) is 0 Å². The Kier molecular flexibility index (Phi) is 6.54. The van der Waals surface area contributed by atoms with Crippen LogP contribution in [0.25, 0.3) is 0 Å². The SMILES string of the molecule is COc1cc(NC(=O)COC(=O)c2cc(Cl)ccc2O)c(OC)cc1Cl. The maximum absolute atomic E-state index is 12.0. The van der Waals surface area contributed by atoms with Crippen LogP contribution in [0.4, 0.5) is 5.69 Å². The van der Waals surface area contributed by atoms with Crippen molar-refractivity contribution in [2.24, 2.45) is 0 Å². The van der Waals surface area contributed by atoms with Crippen molar-refractivity contribution in [1.82, 2.24) is 0 Å². The first-order valence-electron chi connectivity index (χ1n) is 7.22. The smallest absolute Gasteiger partial charge is 0.342 e. The number of anilines is 1. The van der Waals surface area contributed by atoms with Crippen LogP contribution < -0.4 is 14.8 Å². The maximum Gasteiger partial charge on any atom is 0.342 e. The number of methoxy groups -OCH3 is 2. The van der Waals surface area contributed by atoms with E-state index in [1.54, 1.807) is 0 Å². The zero-order chi connectivity index (χ0) is 19.3. The van der Waals surface area contributed by atoms with Gasteiger partial charge >= 0.3 is 5.97 Å². The zero-order valence-corrected chi connectivity index (χ0v) is 15.4. The van der Waals surface area contributed by atoms with Crippen molar-refractivity contribution in [2.45, 2.75) is 0 Å². The van der Waals surface area contributed by atoms with E-state index in [9.17, 15) is 14.7 Å². The molecule has 0 saturated heterocycles. The molecule has 0 spiro atoms. The number of nitrogens with one attached hydrogen (secondary N) is 1. The molecule has 1 amide bonds. The van der Waals surface area contributed by atoms with Crippen LogP contribution in [-0.2, 0) is 9.53 Å². The number of aromatic hydroxyl groups is 1. The molecule has 0 saturated carbocycles. The van der Waals surface area contributed by atoms with Crippen LogP contribution in [0.2, 0.25) is 10.0 Å². The van der Waals surface area contributed by atoms with E-state index in [2.05, 4.69) is 5.32 Å². The molecular formula is C17H15Cl2NO6. The van der Waals surface area contributed by atoms with Crippen molar-refractivity contribution in [3.05, 3.63) is 45.9 Å². The third-order valence-electron chi connectivity index (χ3n) is 3.26. The topological polar surface area (TPSA) is 94.1 Å². The van der Waals surface area contributed by atoms with Gasteiger partial charge in [-0.15, -0.1) is 0 Å². The molecule has 0 aliphatic carbocycles. The first-order chi connectivity index (χ1) is 12.3. The molecule has 9 heteroatoms. The summed E-state index contributed by atoms with van der Waals surface area (Å²) in [4.78, 5) is 24.0. The molecule has 0 atom stereocenters. The molecule has 0 fully saturated rings. The van der Waals surface area contributed by atoms with Crippen molar-refractivity contribution < 1.29 is 28.9 Å². The average molecular weight is 400 g/mol. The summed E-state index contributed by atoms with van der Waals surface area (Å²) in [5.41, 5.74) is 0.149. The van der Waals surface area contributed by atoms with Crippen LogP contribution in [0, 0.1) is 0 Å². The monoisotopic (exact) mass is 399 g/mol. The minimum absolute atomic E-state index is 0.143. The van der Waals surface area contributed by atoms with Gasteiger partial charge in [-0.25, -0.2) is 4.79 Å². The van der Waals surface area contributed by atoms with Gasteiger partial charge in [-0.05, 0) is 18.2 Å². The second-order valence-electron chi connectivity index (χ2n) is 4.97. The molecule has 0 bridgehead atoms. The Hall–Kier alpha value is -2.64. The van der Waals surface area contributed by atoms with E-state index in [1.165, 1.54) is 44.6 Å². The Balaban J connectivity index is 2.05. The molecule has 0 radical (unpaired) electrons. The van der Waals surface area contributed by atoms with Gasteiger partial charge in [-0.1, -0.05) is 23.2 Å². The number of hydrogen-bond acceptors (Lipinski definition) is 6. The van der Waals surface area contributed by atoms with Crippen molar-refractivity contribution in [2.75, 3.05) is 26.1 Å². The lowest BCUT2D eigenvalue weighted by Crippen LogP contribution is -2.21. The number of halogens is 2. The maximum atomic E-state index is 12.0. The molecule has 2 rings (SSSR count). The number of benzene rings is 2. The Labute approximate surface area is 159 Å². The fourth-order valence-electron chi connectivity index (χ4n) is 2.03. The first kappa shape index (κ1) is 19.7. The van der Waals surface area contributed by atoms with Crippen LogP contribution in [-0.4, -0.2) is 37.8 Å². The predicted molar refractivity (Wildman–Crippen MR) is 96.6 cm³/mol. The van der Waals surface area contributed by atoms with E-state index in [1.807, 2.05) is 0 Å². The molecule has 0 aliphatic heterocycles. The van der Waals surface area contributed by atoms with Crippen molar-refractivity contribution in [1.29, 1.82) is 0 Å². The van der Waals surface area contributed by atoms with E-state index in [4.69, 9.17) is 37.4 Å². The summed E-state index contributed by atoms with van der Waals surface area (Å²) in [6.45, 7) is -0.584. The summed E-state index contributed by atoms with van der Waals surface area (Å²) in [6.07, 6.45) is 0. The van der Waals surface area contributed by atoms with Gasteiger partial charge in [0.1, 0.15) is 22.8 Å². The molecule has 2 N–H and O–H groups in total. The van der Waals surface area contributed by atoms with Gasteiger partial charge in [0.15, 0.2) is 6.61 Å². The van der Waals surface area contributed by atoms with E-state index in [0.717, 1.165) is 0 Å². The molecule has 7 nitrogen and oxygen atoms in total. The minimum atomic E-state index is -0.888. The highest BCUT2D eigenvalue weighted by atomic mass is 35.5. The van der Waals surface area contributed by atoms with Crippen molar-refractivity contribution >= 4 is 40.8 Å². The van der Waals surface area contributed by atoms with Gasteiger partial charge in [-0.3, -0.25) is 4.79 Å². The normalized spacial score (nSPS) is 10.2. The number of amides is 1. The summed E-state index contributed by atoms with van der Waals surface area (Å²) in [5.74, 6) is -1.17. The van der Waals surface area contributed by atoms with E-state index < -0.39 is 18.5 Å². The van der Waals surface area contributed by atoms with Crippen LogP contribution in [0.5, 0.6) is 17.2 Å². The van der Waals surface area contributed by atoms with Gasteiger partial charge in [0.2, 0.25) is 0 Å². The lowest BCUT2D eigenvalue weighted by Gasteiger charge is -2.13. The third kappa shape index (κ3) is 4.71. The van der Waals surface area contributed by atoms with E-state index >= 15 is 0 Å². The second kappa shape index (κ2) is 8.64. The highest BCUT2D eigenvalue weighted by Gasteiger charge is 2.17. The van der Waals surface area contributed by atoms with Gasteiger partial charge in [0, 0.05) is 17.2 Å². The van der Waals surface area contributed by atoms with Crippen LogP contribution in [0.1, 0.15) is 10.4 Å². The molecule has 0 aromatic heterocycles. The minimum Gasteiger partial charge on any atom is -0.507 e. The van der Waals surface area contributed by atoms with Crippen LogP contribution >= 0.6 is 23.2 Å². The molecule has 138 valence electrons. The lowest BCUT2D eigenvalue weighted by atomic mass is 10.2. The number of carbonyl (C=O) groups is 2. The average Bonchev–Trinajstić information content (AvgIpc) is 2.62. The highest BCUT2D eigenvalue weighted by Crippen LogP contribution is 2.35. The van der Waals surface area contributed by atoms with E-state index in [-0.39, 0.29) is 16.3 Å². The number of esters is 1. The Morgan fingerprint density at radius 1 is 1.08 bits per heavy atom. The number of hydrogen-bond donors (Lipinski definition) is 2.